The summed E-state index contributed by atoms with van der Waals surface area (Å²) in [6.45, 7) is 6.49. The number of amides is 3. The number of furan rings is 1. The molecule has 0 spiro atoms. The van der Waals surface area contributed by atoms with Crippen LogP contribution in [0.4, 0.5) is 10.5 Å². The standard InChI is InChI=1S/C27H34N4O5/c1-5-20(3)31(27(34)28-22-13-11-21(12-14-22)26(33)35-6-2)19-25(32)30(18-24-10-8-16-36-24)17-23-9-7-15-29(23)4/h7-16,20H,5-6,17-19H2,1-4H3,(H,28,34). The van der Waals surface area contributed by atoms with Crippen molar-refractivity contribution in [2.24, 2.45) is 7.05 Å². The highest BCUT2D eigenvalue weighted by molar-refractivity contribution is 5.94. The van der Waals surface area contributed by atoms with Crippen LogP contribution in [0.2, 0.25) is 0 Å². The number of urea groups is 1. The minimum atomic E-state index is -0.419. The predicted octanol–water partition coefficient (Wildman–Crippen LogP) is 4.66. The molecule has 1 unspecified atom stereocenters. The van der Waals surface area contributed by atoms with Crippen molar-refractivity contribution in [1.29, 1.82) is 0 Å². The van der Waals surface area contributed by atoms with Crippen molar-refractivity contribution in [1.82, 2.24) is 14.4 Å². The number of carbonyl (C=O) groups is 3. The SMILES string of the molecule is CCOC(=O)c1ccc(NC(=O)N(CC(=O)N(Cc2ccco2)Cc2cccn2C)C(C)CC)cc1. The van der Waals surface area contributed by atoms with Gasteiger partial charge in [0.2, 0.25) is 5.91 Å². The first-order valence-corrected chi connectivity index (χ1v) is 12.1. The minimum Gasteiger partial charge on any atom is -0.467 e. The zero-order valence-corrected chi connectivity index (χ0v) is 21.3. The summed E-state index contributed by atoms with van der Waals surface area (Å²) < 4.78 is 12.4. The Kier molecular flexibility index (Phi) is 9.32. The number of hydrogen-bond acceptors (Lipinski definition) is 5. The third kappa shape index (κ3) is 7.00. The molecule has 0 bridgehead atoms. The summed E-state index contributed by atoms with van der Waals surface area (Å²) in [5, 5.41) is 2.84. The van der Waals surface area contributed by atoms with Crippen LogP contribution in [-0.2, 0) is 29.7 Å². The highest BCUT2D eigenvalue weighted by Gasteiger charge is 2.26. The summed E-state index contributed by atoms with van der Waals surface area (Å²) in [5.74, 6) is 0.0524. The van der Waals surface area contributed by atoms with Crippen LogP contribution in [0.3, 0.4) is 0 Å². The normalized spacial score (nSPS) is 11.6. The average molecular weight is 495 g/mol. The van der Waals surface area contributed by atoms with Gasteiger partial charge in [-0.25, -0.2) is 9.59 Å². The van der Waals surface area contributed by atoms with E-state index in [1.807, 2.05) is 49.9 Å². The van der Waals surface area contributed by atoms with Crippen LogP contribution < -0.4 is 5.32 Å². The maximum atomic E-state index is 13.5. The summed E-state index contributed by atoms with van der Waals surface area (Å²) >= 11 is 0. The molecular formula is C27H34N4O5. The summed E-state index contributed by atoms with van der Waals surface area (Å²) in [7, 11) is 1.93. The molecule has 1 N–H and O–H groups in total. The second-order valence-electron chi connectivity index (χ2n) is 8.55. The molecule has 0 aliphatic carbocycles. The average Bonchev–Trinajstić information content (AvgIpc) is 3.53. The third-order valence-corrected chi connectivity index (χ3v) is 6.02. The van der Waals surface area contributed by atoms with Crippen LogP contribution in [0.25, 0.3) is 0 Å². The Bertz CT molecular complexity index is 1140. The van der Waals surface area contributed by atoms with E-state index in [0.29, 0.717) is 36.5 Å². The van der Waals surface area contributed by atoms with Crippen molar-refractivity contribution in [3.05, 3.63) is 78.0 Å². The monoisotopic (exact) mass is 494 g/mol. The maximum absolute atomic E-state index is 13.5. The third-order valence-electron chi connectivity index (χ3n) is 6.02. The van der Waals surface area contributed by atoms with Gasteiger partial charge in [-0.3, -0.25) is 4.79 Å². The number of nitrogens with one attached hydrogen (secondary N) is 1. The lowest BCUT2D eigenvalue weighted by atomic mass is 10.2. The second kappa shape index (κ2) is 12.6. The maximum Gasteiger partial charge on any atom is 0.338 e. The molecule has 9 nitrogen and oxygen atoms in total. The zero-order valence-electron chi connectivity index (χ0n) is 21.3. The van der Waals surface area contributed by atoms with E-state index in [1.54, 1.807) is 48.4 Å². The molecule has 0 fully saturated rings. The minimum absolute atomic E-state index is 0.0904. The van der Waals surface area contributed by atoms with Crippen LogP contribution in [0.5, 0.6) is 0 Å². The summed E-state index contributed by atoms with van der Waals surface area (Å²) in [5.41, 5.74) is 1.89. The number of nitrogens with zero attached hydrogens (tertiary/aromatic N) is 3. The number of esters is 1. The molecule has 3 amide bonds. The Balaban J connectivity index is 1.73. The highest BCUT2D eigenvalue weighted by atomic mass is 16.5. The van der Waals surface area contributed by atoms with Crippen molar-refractivity contribution >= 4 is 23.6 Å². The first kappa shape index (κ1) is 26.6. The molecule has 3 rings (SSSR count). The van der Waals surface area contributed by atoms with Crippen LogP contribution in [-0.4, -0.2) is 51.5 Å². The Morgan fingerprint density at radius 3 is 2.39 bits per heavy atom. The van der Waals surface area contributed by atoms with Crippen LogP contribution >= 0.6 is 0 Å². The fourth-order valence-electron chi connectivity index (χ4n) is 3.67. The fraction of sp³-hybridized carbons (Fsp3) is 0.370. The lowest BCUT2D eigenvalue weighted by Gasteiger charge is -2.31. The molecule has 1 aromatic carbocycles. The van der Waals surface area contributed by atoms with E-state index in [9.17, 15) is 14.4 Å². The molecule has 1 atom stereocenters. The number of aromatic nitrogens is 1. The van der Waals surface area contributed by atoms with E-state index in [1.165, 1.54) is 4.90 Å². The summed E-state index contributed by atoms with van der Waals surface area (Å²) in [6, 6.07) is 13.4. The number of anilines is 1. The summed E-state index contributed by atoms with van der Waals surface area (Å²) in [4.78, 5) is 41.8. The van der Waals surface area contributed by atoms with E-state index < -0.39 is 12.0 Å². The van der Waals surface area contributed by atoms with E-state index in [2.05, 4.69) is 5.32 Å². The Morgan fingerprint density at radius 2 is 1.81 bits per heavy atom. The second-order valence-corrected chi connectivity index (χ2v) is 8.55. The van der Waals surface area contributed by atoms with Gasteiger partial charge in [-0.1, -0.05) is 6.92 Å². The number of carbonyl (C=O) groups excluding carboxylic acids is 3. The van der Waals surface area contributed by atoms with Gasteiger partial charge in [-0.15, -0.1) is 0 Å². The van der Waals surface area contributed by atoms with Crippen LogP contribution in [0.1, 0.15) is 49.0 Å². The largest absolute Gasteiger partial charge is 0.467 e. The molecule has 2 aromatic heterocycles. The summed E-state index contributed by atoms with van der Waals surface area (Å²) in [6.07, 6.45) is 4.18. The van der Waals surface area contributed by atoms with E-state index in [0.717, 1.165) is 5.69 Å². The van der Waals surface area contributed by atoms with E-state index in [-0.39, 0.29) is 25.1 Å². The zero-order chi connectivity index (χ0) is 26.1. The van der Waals surface area contributed by atoms with Gasteiger partial charge in [-0.2, -0.15) is 0 Å². The molecule has 0 aliphatic heterocycles. The van der Waals surface area contributed by atoms with Gasteiger partial charge in [0.15, 0.2) is 0 Å². The molecule has 192 valence electrons. The smallest absolute Gasteiger partial charge is 0.338 e. The lowest BCUT2D eigenvalue weighted by molar-refractivity contribution is -0.133. The number of ether oxygens (including phenoxy) is 1. The van der Waals surface area contributed by atoms with E-state index in [4.69, 9.17) is 9.15 Å². The highest BCUT2D eigenvalue weighted by Crippen LogP contribution is 2.16. The van der Waals surface area contributed by atoms with Crippen LogP contribution in [0, 0.1) is 0 Å². The molecule has 9 heteroatoms. The predicted molar refractivity (Wildman–Crippen MR) is 136 cm³/mol. The van der Waals surface area contributed by atoms with Crippen molar-refractivity contribution in [3.8, 4) is 0 Å². The number of hydrogen-bond donors (Lipinski definition) is 1. The van der Waals surface area contributed by atoms with Crippen molar-refractivity contribution in [2.45, 2.75) is 46.3 Å². The molecule has 2 heterocycles. The molecule has 3 aromatic rings. The topological polar surface area (TPSA) is 97.0 Å². The molecule has 0 aliphatic rings. The molecule has 0 saturated carbocycles. The molecule has 36 heavy (non-hydrogen) atoms. The van der Waals surface area contributed by atoms with Crippen molar-refractivity contribution in [3.63, 3.8) is 0 Å². The van der Waals surface area contributed by atoms with Gasteiger partial charge >= 0.3 is 12.0 Å². The van der Waals surface area contributed by atoms with Gasteiger partial charge in [0.05, 0.1) is 31.5 Å². The number of benzene rings is 1. The van der Waals surface area contributed by atoms with Gasteiger partial charge in [0.25, 0.3) is 0 Å². The molecular weight excluding hydrogens is 460 g/mol. The Morgan fingerprint density at radius 1 is 1.06 bits per heavy atom. The Labute approximate surface area is 211 Å². The first-order chi connectivity index (χ1) is 17.3. The van der Waals surface area contributed by atoms with Gasteiger partial charge < -0.3 is 28.8 Å². The fourth-order valence-corrected chi connectivity index (χ4v) is 3.67. The lowest BCUT2D eigenvalue weighted by Crippen LogP contribution is -2.48. The molecule has 0 radical (unpaired) electrons. The van der Waals surface area contributed by atoms with E-state index >= 15 is 0 Å². The van der Waals surface area contributed by atoms with Gasteiger partial charge in [0, 0.05) is 30.7 Å². The first-order valence-electron chi connectivity index (χ1n) is 12.1. The molecule has 0 saturated heterocycles. The van der Waals surface area contributed by atoms with Crippen molar-refractivity contribution in [2.75, 3.05) is 18.5 Å². The van der Waals surface area contributed by atoms with Crippen LogP contribution in [0.15, 0.2) is 65.4 Å². The van der Waals surface area contributed by atoms with Gasteiger partial charge in [0.1, 0.15) is 12.3 Å². The number of rotatable bonds is 11. The van der Waals surface area contributed by atoms with Gasteiger partial charge in [-0.05, 0) is 68.8 Å². The number of aryl methyl sites for hydroxylation is 1. The Hall–Kier alpha value is -4.01. The quantitative estimate of drug-likeness (QED) is 0.391. The van der Waals surface area contributed by atoms with Crippen molar-refractivity contribution < 1.29 is 23.5 Å².